The van der Waals surface area contributed by atoms with Gasteiger partial charge in [-0.05, 0) is 24.5 Å². The summed E-state index contributed by atoms with van der Waals surface area (Å²) in [6.07, 6.45) is 2.28. The molecule has 1 aliphatic heterocycles. The van der Waals surface area contributed by atoms with Crippen molar-refractivity contribution in [3.63, 3.8) is 0 Å². The Kier molecular flexibility index (Phi) is 4.97. The topological polar surface area (TPSA) is 82.5 Å². The van der Waals surface area contributed by atoms with Gasteiger partial charge in [0.15, 0.2) is 0 Å². The number of amides is 2. The molecule has 1 aromatic heterocycles. The average Bonchev–Trinajstić information content (AvgIpc) is 2.62. The Bertz CT molecular complexity index is 764. The number of likely N-dealkylation sites (tertiary alicyclic amines) is 1. The third-order valence-corrected chi connectivity index (χ3v) is 4.39. The maximum atomic E-state index is 12.7. The molecule has 25 heavy (non-hydrogen) atoms. The second kappa shape index (κ2) is 7.34. The van der Waals surface area contributed by atoms with Crippen molar-refractivity contribution in [1.82, 2.24) is 9.88 Å². The van der Waals surface area contributed by atoms with Gasteiger partial charge in [0.2, 0.25) is 0 Å². The van der Waals surface area contributed by atoms with Crippen LogP contribution in [-0.2, 0) is 4.79 Å². The minimum absolute atomic E-state index is 0.156. The first kappa shape index (κ1) is 17.0. The lowest BCUT2D eigenvalue weighted by Crippen LogP contribution is -2.47. The first-order chi connectivity index (χ1) is 12.0. The molecule has 2 amide bonds. The first-order valence-electron chi connectivity index (χ1n) is 8.33. The Morgan fingerprint density at radius 3 is 2.64 bits per heavy atom. The molecule has 1 aliphatic rings. The number of carbonyl (C=O) groups is 2. The Labute approximate surface area is 146 Å². The minimum atomic E-state index is -0.851. The van der Waals surface area contributed by atoms with Crippen LogP contribution >= 0.6 is 0 Å². The van der Waals surface area contributed by atoms with Crippen LogP contribution in [0.3, 0.4) is 0 Å². The van der Waals surface area contributed by atoms with Gasteiger partial charge in [0.05, 0.1) is 17.3 Å². The third-order valence-electron chi connectivity index (χ3n) is 4.39. The van der Waals surface area contributed by atoms with E-state index in [0.29, 0.717) is 24.3 Å². The second-order valence-corrected chi connectivity index (χ2v) is 6.48. The van der Waals surface area contributed by atoms with Gasteiger partial charge in [0.1, 0.15) is 0 Å². The summed E-state index contributed by atoms with van der Waals surface area (Å²) in [5.74, 6) is -1.21. The molecular formula is C19H21N3O3. The summed E-state index contributed by atoms with van der Waals surface area (Å²) < 4.78 is 0. The zero-order chi connectivity index (χ0) is 17.8. The number of nitrogens with zero attached hydrogens (tertiary/aromatic N) is 2. The Morgan fingerprint density at radius 2 is 1.92 bits per heavy atom. The van der Waals surface area contributed by atoms with Crippen molar-refractivity contribution >= 4 is 17.7 Å². The van der Waals surface area contributed by atoms with Crippen LogP contribution < -0.4 is 5.32 Å². The van der Waals surface area contributed by atoms with Crippen molar-refractivity contribution in [3.8, 4) is 11.3 Å². The van der Waals surface area contributed by atoms with Crippen molar-refractivity contribution < 1.29 is 14.7 Å². The van der Waals surface area contributed by atoms with E-state index in [2.05, 4.69) is 10.3 Å². The molecular weight excluding hydrogens is 318 g/mol. The fraction of sp³-hybridized carbons (Fsp3) is 0.316. The lowest BCUT2D eigenvalue weighted by atomic mass is 9.91. The highest BCUT2D eigenvalue weighted by molar-refractivity contribution is 5.93. The number of aromatic nitrogens is 1. The van der Waals surface area contributed by atoms with Gasteiger partial charge in [-0.1, -0.05) is 37.3 Å². The smallest absolute Gasteiger partial charge is 0.321 e. The molecule has 0 aliphatic carbocycles. The maximum Gasteiger partial charge on any atom is 0.321 e. The molecule has 0 spiro atoms. The number of carbonyl (C=O) groups excluding carboxylic acids is 1. The number of anilines is 1. The summed E-state index contributed by atoms with van der Waals surface area (Å²) in [5, 5.41) is 12.2. The first-order valence-corrected chi connectivity index (χ1v) is 8.33. The van der Waals surface area contributed by atoms with E-state index in [1.165, 1.54) is 0 Å². The fourth-order valence-electron chi connectivity index (χ4n) is 3.22. The van der Waals surface area contributed by atoms with E-state index in [4.69, 9.17) is 0 Å². The van der Waals surface area contributed by atoms with Crippen LogP contribution in [0.4, 0.5) is 10.5 Å². The van der Waals surface area contributed by atoms with Gasteiger partial charge in [0.25, 0.3) is 0 Å². The number of hydrogen-bond donors (Lipinski definition) is 2. The number of pyridine rings is 1. The summed E-state index contributed by atoms with van der Waals surface area (Å²) in [6, 6.07) is 12.9. The Morgan fingerprint density at radius 1 is 1.16 bits per heavy atom. The predicted molar refractivity (Wildman–Crippen MR) is 95.2 cm³/mol. The molecule has 2 atom stereocenters. The van der Waals surface area contributed by atoms with Crippen LogP contribution in [0.25, 0.3) is 11.3 Å². The number of rotatable bonds is 3. The monoisotopic (exact) mass is 339 g/mol. The fourth-order valence-corrected chi connectivity index (χ4v) is 3.22. The number of hydrogen-bond acceptors (Lipinski definition) is 3. The van der Waals surface area contributed by atoms with Crippen LogP contribution in [0, 0.1) is 11.8 Å². The summed E-state index contributed by atoms with van der Waals surface area (Å²) in [7, 11) is 0. The molecule has 3 rings (SSSR count). The zero-order valence-electron chi connectivity index (χ0n) is 14.1. The van der Waals surface area contributed by atoms with Crippen LogP contribution in [-0.4, -0.2) is 40.1 Å². The highest BCUT2D eigenvalue weighted by Crippen LogP contribution is 2.27. The van der Waals surface area contributed by atoms with Gasteiger partial charge in [0, 0.05) is 24.8 Å². The van der Waals surface area contributed by atoms with Gasteiger partial charge < -0.3 is 15.3 Å². The SMILES string of the molecule is CC1CC(C(=O)O)CN(C(=O)Nc2cccnc2-c2ccccc2)C1. The average molecular weight is 339 g/mol. The lowest BCUT2D eigenvalue weighted by molar-refractivity contribution is -0.143. The van der Waals surface area contributed by atoms with Gasteiger partial charge in [-0.2, -0.15) is 0 Å². The van der Waals surface area contributed by atoms with Crippen LogP contribution in [0.2, 0.25) is 0 Å². The van der Waals surface area contributed by atoms with Crippen molar-refractivity contribution in [2.75, 3.05) is 18.4 Å². The minimum Gasteiger partial charge on any atom is -0.481 e. The Balaban J connectivity index is 1.79. The quantitative estimate of drug-likeness (QED) is 0.898. The van der Waals surface area contributed by atoms with E-state index in [1.54, 1.807) is 23.2 Å². The van der Waals surface area contributed by atoms with E-state index in [9.17, 15) is 14.7 Å². The number of benzene rings is 1. The van der Waals surface area contributed by atoms with E-state index < -0.39 is 11.9 Å². The number of aliphatic carboxylic acids is 1. The summed E-state index contributed by atoms with van der Waals surface area (Å²) in [6.45, 7) is 2.75. The van der Waals surface area contributed by atoms with Crippen molar-refractivity contribution in [1.29, 1.82) is 0 Å². The molecule has 2 N–H and O–H groups in total. The van der Waals surface area contributed by atoms with Gasteiger partial charge in [-0.15, -0.1) is 0 Å². The second-order valence-electron chi connectivity index (χ2n) is 6.48. The lowest BCUT2D eigenvalue weighted by Gasteiger charge is -2.34. The molecule has 6 heteroatoms. The summed E-state index contributed by atoms with van der Waals surface area (Å²) in [4.78, 5) is 29.9. The summed E-state index contributed by atoms with van der Waals surface area (Å²) in [5.41, 5.74) is 2.22. The molecule has 1 fully saturated rings. The highest BCUT2D eigenvalue weighted by atomic mass is 16.4. The van der Waals surface area contributed by atoms with Gasteiger partial charge in [-0.3, -0.25) is 9.78 Å². The molecule has 0 bridgehead atoms. The van der Waals surface area contributed by atoms with Crippen molar-refractivity contribution in [2.45, 2.75) is 13.3 Å². The number of piperidine rings is 1. The van der Waals surface area contributed by atoms with E-state index in [1.807, 2.05) is 37.3 Å². The van der Waals surface area contributed by atoms with Gasteiger partial charge in [-0.25, -0.2) is 4.79 Å². The molecule has 0 saturated carbocycles. The maximum absolute atomic E-state index is 12.7. The van der Waals surface area contributed by atoms with Crippen molar-refractivity contribution in [2.24, 2.45) is 11.8 Å². The standard InChI is InChI=1S/C19H21N3O3/c1-13-10-15(18(23)24)12-22(11-13)19(25)21-16-8-5-9-20-17(16)14-6-3-2-4-7-14/h2-9,13,15H,10-12H2,1H3,(H,21,25)(H,23,24). The molecule has 2 unspecified atom stereocenters. The number of carboxylic acid groups (broad SMARTS) is 1. The number of urea groups is 1. The molecule has 1 saturated heterocycles. The number of nitrogens with one attached hydrogen (secondary N) is 1. The van der Waals surface area contributed by atoms with Crippen molar-refractivity contribution in [3.05, 3.63) is 48.7 Å². The van der Waals surface area contributed by atoms with E-state index in [0.717, 1.165) is 5.56 Å². The third kappa shape index (κ3) is 3.96. The summed E-state index contributed by atoms with van der Waals surface area (Å²) >= 11 is 0. The normalized spacial score (nSPS) is 20.1. The highest BCUT2D eigenvalue weighted by Gasteiger charge is 2.32. The molecule has 2 heterocycles. The molecule has 130 valence electrons. The van der Waals surface area contributed by atoms with E-state index in [-0.39, 0.29) is 18.5 Å². The Hall–Kier alpha value is -2.89. The zero-order valence-corrected chi connectivity index (χ0v) is 14.1. The molecule has 0 radical (unpaired) electrons. The predicted octanol–water partition coefficient (Wildman–Crippen LogP) is 3.32. The van der Waals surface area contributed by atoms with Crippen LogP contribution in [0.1, 0.15) is 13.3 Å². The molecule has 6 nitrogen and oxygen atoms in total. The van der Waals surface area contributed by atoms with E-state index >= 15 is 0 Å². The molecule has 2 aromatic rings. The number of carboxylic acids is 1. The molecule has 1 aromatic carbocycles. The van der Waals surface area contributed by atoms with Crippen LogP contribution in [0.15, 0.2) is 48.7 Å². The van der Waals surface area contributed by atoms with Gasteiger partial charge >= 0.3 is 12.0 Å². The largest absolute Gasteiger partial charge is 0.481 e. The van der Waals surface area contributed by atoms with Crippen LogP contribution in [0.5, 0.6) is 0 Å².